The van der Waals surface area contributed by atoms with Gasteiger partial charge in [0.2, 0.25) is 0 Å². The van der Waals surface area contributed by atoms with E-state index in [0.717, 1.165) is 0 Å². The van der Waals surface area contributed by atoms with E-state index in [1.165, 1.54) is 0 Å². The van der Waals surface area contributed by atoms with Crippen molar-refractivity contribution in [3.05, 3.63) is 35.4 Å². The Bertz CT molecular complexity index is 358. The van der Waals surface area contributed by atoms with Gasteiger partial charge >= 0.3 is 5.97 Å². The molecule has 1 unspecified atom stereocenters. The lowest BCUT2D eigenvalue weighted by Crippen LogP contribution is -2.02. The first-order valence-electron chi connectivity index (χ1n) is 3.72. The third-order valence-electron chi connectivity index (χ3n) is 1.83. The highest BCUT2D eigenvalue weighted by molar-refractivity contribution is 5.93. The highest BCUT2D eigenvalue weighted by Gasteiger charge is 2.31. The number of benzene rings is 1. The zero-order valence-electron chi connectivity index (χ0n) is 6.60. The Hall–Kier alpha value is -1.84. The number of hydrogen-bond acceptors (Lipinski definition) is 4. The molecule has 0 bridgehead atoms. The van der Waals surface area contributed by atoms with Crippen molar-refractivity contribution in [2.75, 3.05) is 0 Å². The summed E-state index contributed by atoms with van der Waals surface area (Å²) in [5, 5.41) is 0. The molecule has 0 fully saturated rings. The molecular formula is C9H6O4. The molecule has 4 nitrogen and oxygen atoms in total. The average molecular weight is 178 g/mol. The van der Waals surface area contributed by atoms with Crippen LogP contribution >= 0.6 is 0 Å². The van der Waals surface area contributed by atoms with E-state index >= 15 is 0 Å². The van der Waals surface area contributed by atoms with Gasteiger partial charge in [-0.25, -0.2) is 4.79 Å². The van der Waals surface area contributed by atoms with E-state index in [1.54, 1.807) is 24.3 Å². The summed E-state index contributed by atoms with van der Waals surface area (Å²) in [5.41, 5.74) is 1.05. The second-order valence-corrected chi connectivity index (χ2v) is 2.56. The maximum Gasteiger partial charge on any atom is 0.342 e. The van der Waals surface area contributed by atoms with Gasteiger partial charge in [0, 0.05) is 5.56 Å². The molecule has 0 aliphatic carbocycles. The molecule has 1 aliphatic rings. The molecule has 4 heteroatoms. The molecule has 0 amide bonds. The lowest BCUT2D eigenvalue weighted by atomic mass is 10.1. The summed E-state index contributed by atoms with van der Waals surface area (Å²) in [7, 11) is 0. The number of esters is 1. The number of carbonyl (C=O) groups is 2. The Balaban J connectivity index is 2.41. The van der Waals surface area contributed by atoms with Gasteiger partial charge in [0.25, 0.3) is 12.8 Å². The second kappa shape index (κ2) is 2.90. The van der Waals surface area contributed by atoms with E-state index in [0.29, 0.717) is 11.1 Å². The molecule has 13 heavy (non-hydrogen) atoms. The summed E-state index contributed by atoms with van der Waals surface area (Å²) in [5.74, 6) is -0.456. The fraction of sp³-hybridized carbons (Fsp3) is 0.111. The first kappa shape index (κ1) is 7.79. The van der Waals surface area contributed by atoms with Crippen LogP contribution in [0.2, 0.25) is 0 Å². The summed E-state index contributed by atoms with van der Waals surface area (Å²) < 4.78 is 9.36. The second-order valence-electron chi connectivity index (χ2n) is 2.56. The zero-order valence-corrected chi connectivity index (χ0v) is 6.60. The van der Waals surface area contributed by atoms with Gasteiger partial charge in [0.15, 0.2) is 0 Å². The minimum absolute atomic E-state index is 0.264. The van der Waals surface area contributed by atoms with Crippen LogP contribution in [0.4, 0.5) is 0 Å². The SMILES string of the molecule is O=COC1OC(=O)c2ccccc21. The van der Waals surface area contributed by atoms with Gasteiger partial charge in [-0.3, -0.25) is 4.79 Å². The monoisotopic (exact) mass is 178 g/mol. The van der Waals surface area contributed by atoms with Crippen molar-refractivity contribution >= 4 is 12.4 Å². The molecular weight excluding hydrogens is 172 g/mol. The van der Waals surface area contributed by atoms with Crippen molar-refractivity contribution in [1.82, 2.24) is 0 Å². The predicted molar refractivity (Wildman–Crippen MR) is 41.7 cm³/mol. The molecule has 0 spiro atoms. The van der Waals surface area contributed by atoms with Crippen LogP contribution in [0.1, 0.15) is 22.2 Å². The van der Waals surface area contributed by atoms with Crippen LogP contribution in [0, 0.1) is 0 Å². The van der Waals surface area contributed by atoms with Gasteiger partial charge in [0.05, 0.1) is 5.56 Å². The topological polar surface area (TPSA) is 52.6 Å². The fourth-order valence-corrected chi connectivity index (χ4v) is 1.26. The van der Waals surface area contributed by atoms with Gasteiger partial charge in [-0.05, 0) is 6.07 Å². The number of fused-ring (bicyclic) bond motifs is 1. The number of rotatable bonds is 2. The van der Waals surface area contributed by atoms with E-state index in [2.05, 4.69) is 4.74 Å². The maximum atomic E-state index is 11.1. The quantitative estimate of drug-likeness (QED) is 0.501. The van der Waals surface area contributed by atoms with Gasteiger partial charge in [-0.2, -0.15) is 0 Å². The van der Waals surface area contributed by atoms with Crippen LogP contribution in [0.3, 0.4) is 0 Å². The molecule has 2 rings (SSSR count). The first-order valence-corrected chi connectivity index (χ1v) is 3.72. The van der Waals surface area contributed by atoms with Crippen LogP contribution in [0.5, 0.6) is 0 Å². The lowest BCUT2D eigenvalue weighted by molar-refractivity contribution is -0.151. The molecule has 66 valence electrons. The third kappa shape index (κ3) is 1.16. The Kier molecular flexibility index (Phi) is 1.73. The molecule has 1 aromatic carbocycles. The smallest absolute Gasteiger partial charge is 0.342 e. The van der Waals surface area contributed by atoms with Gasteiger partial charge in [-0.15, -0.1) is 0 Å². The van der Waals surface area contributed by atoms with Crippen LogP contribution in [-0.2, 0) is 14.3 Å². The van der Waals surface area contributed by atoms with E-state index in [-0.39, 0.29) is 6.47 Å². The molecule has 1 atom stereocenters. The molecule has 1 aliphatic heterocycles. The van der Waals surface area contributed by atoms with Crippen molar-refractivity contribution in [3.8, 4) is 0 Å². The molecule has 0 aromatic heterocycles. The van der Waals surface area contributed by atoms with Gasteiger partial charge < -0.3 is 9.47 Å². The lowest BCUT2D eigenvalue weighted by Gasteiger charge is -2.06. The van der Waals surface area contributed by atoms with Gasteiger partial charge in [0.1, 0.15) is 0 Å². The average Bonchev–Trinajstić information content (AvgIpc) is 2.46. The largest absolute Gasteiger partial charge is 0.423 e. The predicted octanol–water partition coefficient (Wildman–Crippen LogP) is 1.03. The standard InChI is InChI=1S/C9H6O4/c10-5-12-9-7-4-2-1-3-6(7)8(11)13-9/h1-5,9H. The number of hydrogen-bond donors (Lipinski definition) is 0. The van der Waals surface area contributed by atoms with Crippen LogP contribution in [0.15, 0.2) is 24.3 Å². The van der Waals surface area contributed by atoms with E-state index in [9.17, 15) is 9.59 Å². The number of carbonyl (C=O) groups excluding carboxylic acids is 2. The van der Waals surface area contributed by atoms with E-state index in [1.807, 2.05) is 0 Å². The molecule has 0 saturated heterocycles. The van der Waals surface area contributed by atoms with Crippen molar-refractivity contribution in [2.45, 2.75) is 6.29 Å². The van der Waals surface area contributed by atoms with Crippen LogP contribution < -0.4 is 0 Å². The van der Waals surface area contributed by atoms with Crippen molar-refractivity contribution in [2.24, 2.45) is 0 Å². The Labute approximate surface area is 74.1 Å². The Morgan fingerprint density at radius 2 is 2.15 bits per heavy atom. The Morgan fingerprint density at radius 1 is 1.38 bits per heavy atom. The summed E-state index contributed by atoms with van der Waals surface area (Å²) in [6, 6.07) is 6.80. The third-order valence-corrected chi connectivity index (χ3v) is 1.83. The highest BCUT2D eigenvalue weighted by Crippen LogP contribution is 2.30. The first-order chi connectivity index (χ1) is 6.33. The fourth-order valence-electron chi connectivity index (χ4n) is 1.26. The summed E-state index contributed by atoms with van der Waals surface area (Å²) >= 11 is 0. The van der Waals surface area contributed by atoms with Crippen molar-refractivity contribution in [3.63, 3.8) is 0 Å². The minimum Gasteiger partial charge on any atom is -0.423 e. The molecule has 1 heterocycles. The molecule has 1 aromatic rings. The summed E-state index contributed by atoms with van der Waals surface area (Å²) in [4.78, 5) is 21.2. The Morgan fingerprint density at radius 3 is 2.92 bits per heavy atom. The number of ether oxygens (including phenoxy) is 2. The minimum atomic E-state index is -0.874. The zero-order chi connectivity index (χ0) is 9.26. The maximum absolute atomic E-state index is 11.1. The van der Waals surface area contributed by atoms with Gasteiger partial charge in [-0.1, -0.05) is 18.2 Å². The highest BCUT2D eigenvalue weighted by atomic mass is 16.7. The van der Waals surface area contributed by atoms with E-state index < -0.39 is 12.3 Å². The molecule has 0 radical (unpaired) electrons. The molecule has 0 saturated carbocycles. The van der Waals surface area contributed by atoms with Crippen molar-refractivity contribution < 1.29 is 19.1 Å². The summed E-state index contributed by atoms with van der Waals surface area (Å²) in [6.45, 7) is 0.264. The van der Waals surface area contributed by atoms with Crippen molar-refractivity contribution in [1.29, 1.82) is 0 Å². The van der Waals surface area contributed by atoms with Crippen LogP contribution in [0.25, 0.3) is 0 Å². The normalized spacial score (nSPS) is 19.1. The number of cyclic esters (lactones) is 1. The van der Waals surface area contributed by atoms with E-state index in [4.69, 9.17) is 4.74 Å². The van der Waals surface area contributed by atoms with Crippen LogP contribution in [-0.4, -0.2) is 12.4 Å². The molecule has 0 N–H and O–H groups in total. The summed E-state index contributed by atoms with van der Waals surface area (Å²) in [6.07, 6.45) is -0.874.